The highest BCUT2D eigenvalue weighted by Gasteiger charge is 2.17. The number of nitrogens with zero attached hydrogens (tertiary/aromatic N) is 3. The van der Waals surface area contributed by atoms with E-state index >= 15 is 0 Å². The number of aliphatic imine (C=N–C) groups is 1. The number of rotatable bonds is 3. The van der Waals surface area contributed by atoms with Crippen molar-refractivity contribution in [3.05, 3.63) is 0 Å². The Kier molecular flexibility index (Phi) is 8.43. The van der Waals surface area contributed by atoms with Crippen molar-refractivity contribution in [3.8, 4) is 0 Å². The number of guanidine groups is 1. The van der Waals surface area contributed by atoms with E-state index in [0.29, 0.717) is 6.04 Å². The number of thioether (sulfide) groups is 1. The summed E-state index contributed by atoms with van der Waals surface area (Å²) in [6.07, 6.45) is 0. The molecule has 2 saturated heterocycles. The molecular formula is C12H25IN4OS. The maximum atomic E-state index is 6.05. The van der Waals surface area contributed by atoms with Crippen LogP contribution in [-0.4, -0.2) is 79.2 Å². The molecule has 0 aromatic rings. The van der Waals surface area contributed by atoms with Crippen LogP contribution in [0.25, 0.3) is 0 Å². The van der Waals surface area contributed by atoms with Crippen LogP contribution < -0.4 is 5.73 Å². The molecule has 2 aliphatic heterocycles. The highest BCUT2D eigenvalue weighted by atomic mass is 127. The monoisotopic (exact) mass is 400 g/mol. The first-order valence-corrected chi connectivity index (χ1v) is 7.87. The van der Waals surface area contributed by atoms with Gasteiger partial charge in [-0.05, 0) is 6.92 Å². The second kappa shape index (κ2) is 9.25. The van der Waals surface area contributed by atoms with Crippen LogP contribution in [0.5, 0.6) is 0 Å². The summed E-state index contributed by atoms with van der Waals surface area (Å²) >= 11 is 1.99. The van der Waals surface area contributed by atoms with Crippen molar-refractivity contribution in [2.75, 3.05) is 57.4 Å². The lowest BCUT2D eigenvalue weighted by Gasteiger charge is -2.32. The minimum atomic E-state index is 0. The molecule has 112 valence electrons. The van der Waals surface area contributed by atoms with E-state index in [4.69, 9.17) is 10.5 Å². The van der Waals surface area contributed by atoms with Crippen LogP contribution in [0.15, 0.2) is 4.99 Å². The Bertz CT molecular complexity index is 281. The fourth-order valence-corrected chi connectivity index (χ4v) is 3.15. The molecule has 0 aromatic heterocycles. The van der Waals surface area contributed by atoms with Crippen LogP contribution in [0.3, 0.4) is 0 Å². The van der Waals surface area contributed by atoms with Crippen LogP contribution in [0, 0.1) is 0 Å². The molecule has 0 aliphatic carbocycles. The molecule has 2 aliphatic rings. The summed E-state index contributed by atoms with van der Waals surface area (Å²) in [6, 6.07) is 0.451. The summed E-state index contributed by atoms with van der Waals surface area (Å²) < 4.78 is 5.36. The molecule has 1 atom stereocenters. The zero-order valence-electron chi connectivity index (χ0n) is 11.6. The summed E-state index contributed by atoms with van der Waals surface area (Å²) in [5.41, 5.74) is 6.05. The second-order valence-corrected chi connectivity index (χ2v) is 6.02. The van der Waals surface area contributed by atoms with Gasteiger partial charge in [0.05, 0.1) is 19.8 Å². The zero-order valence-corrected chi connectivity index (χ0v) is 14.7. The van der Waals surface area contributed by atoms with Crippen molar-refractivity contribution >= 4 is 41.7 Å². The Balaban J connectivity index is 0.00000180. The van der Waals surface area contributed by atoms with Gasteiger partial charge in [0.25, 0.3) is 0 Å². The third kappa shape index (κ3) is 5.65. The Labute approximate surface area is 137 Å². The van der Waals surface area contributed by atoms with Gasteiger partial charge in [0.2, 0.25) is 0 Å². The average Bonchev–Trinajstić information content (AvgIpc) is 2.46. The summed E-state index contributed by atoms with van der Waals surface area (Å²) in [6.45, 7) is 8.77. The normalized spacial score (nSPS) is 23.8. The standard InChI is InChI=1S/C12H24N4OS.HI/c1-11(15-2-6-17-7-3-15)10-14-12(13)16-4-8-18-9-5-16;/h11H,2-10H2,1H3,(H2,13,14);1H. The van der Waals surface area contributed by atoms with Crippen molar-refractivity contribution < 1.29 is 4.74 Å². The SMILES string of the molecule is CC(CN=C(N)N1CCSCC1)N1CCOCC1.I. The van der Waals surface area contributed by atoms with Gasteiger partial charge >= 0.3 is 0 Å². The molecule has 0 aromatic carbocycles. The molecule has 7 heteroatoms. The van der Waals surface area contributed by atoms with Gasteiger partial charge in [0.15, 0.2) is 5.96 Å². The minimum absolute atomic E-state index is 0. The van der Waals surface area contributed by atoms with Crippen molar-refractivity contribution in [3.63, 3.8) is 0 Å². The number of ether oxygens (including phenoxy) is 1. The van der Waals surface area contributed by atoms with E-state index in [1.54, 1.807) is 0 Å². The van der Waals surface area contributed by atoms with Gasteiger partial charge in [-0.15, -0.1) is 24.0 Å². The van der Waals surface area contributed by atoms with Crippen LogP contribution in [0.2, 0.25) is 0 Å². The third-order valence-electron chi connectivity index (χ3n) is 3.52. The van der Waals surface area contributed by atoms with Crippen molar-refractivity contribution in [1.82, 2.24) is 9.80 Å². The molecule has 0 amide bonds. The number of morpholine rings is 1. The predicted molar refractivity (Wildman–Crippen MR) is 92.7 cm³/mol. The molecule has 0 bridgehead atoms. The molecule has 2 rings (SSSR count). The molecule has 2 heterocycles. The van der Waals surface area contributed by atoms with Gasteiger partial charge in [0, 0.05) is 43.7 Å². The topological polar surface area (TPSA) is 54.1 Å². The molecule has 19 heavy (non-hydrogen) atoms. The van der Waals surface area contributed by atoms with Crippen molar-refractivity contribution in [2.24, 2.45) is 10.7 Å². The van der Waals surface area contributed by atoms with E-state index in [2.05, 4.69) is 21.7 Å². The summed E-state index contributed by atoms with van der Waals surface area (Å²) in [5, 5.41) is 0. The van der Waals surface area contributed by atoms with E-state index in [0.717, 1.165) is 63.4 Å². The third-order valence-corrected chi connectivity index (χ3v) is 4.46. The lowest BCUT2D eigenvalue weighted by atomic mass is 10.2. The van der Waals surface area contributed by atoms with Gasteiger partial charge in [-0.1, -0.05) is 0 Å². The molecule has 0 spiro atoms. The lowest BCUT2D eigenvalue weighted by Crippen LogP contribution is -2.45. The first-order chi connectivity index (χ1) is 8.77. The smallest absolute Gasteiger partial charge is 0.191 e. The van der Waals surface area contributed by atoms with E-state index in [9.17, 15) is 0 Å². The zero-order chi connectivity index (χ0) is 12.8. The summed E-state index contributed by atoms with van der Waals surface area (Å²) in [4.78, 5) is 9.17. The molecular weight excluding hydrogens is 375 g/mol. The molecule has 2 fully saturated rings. The van der Waals surface area contributed by atoms with E-state index in [1.165, 1.54) is 0 Å². The van der Waals surface area contributed by atoms with E-state index in [1.807, 2.05) is 11.8 Å². The Morgan fingerprint density at radius 3 is 2.53 bits per heavy atom. The van der Waals surface area contributed by atoms with Crippen LogP contribution >= 0.6 is 35.7 Å². The van der Waals surface area contributed by atoms with Gasteiger partial charge in [-0.3, -0.25) is 9.89 Å². The number of hydrogen-bond acceptors (Lipinski definition) is 4. The fraction of sp³-hybridized carbons (Fsp3) is 0.917. The fourth-order valence-electron chi connectivity index (χ4n) is 2.25. The first kappa shape index (κ1) is 17.3. The first-order valence-electron chi connectivity index (χ1n) is 6.72. The Morgan fingerprint density at radius 1 is 1.26 bits per heavy atom. The molecule has 0 saturated carbocycles. The van der Waals surface area contributed by atoms with Gasteiger partial charge in [-0.25, -0.2) is 0 Å². The largest absolute Gasteiger partial charge is 0.379 e. The predicted octanol–water partition coefficient (Wildman–Crippen LogP) is 0.689. The maximum absolute atomic E-state index is 6.05. The van der Waals surface area contributed by atoms with Crippen molar-refractivity contribution in [1.29, 1.82) is 0 Å². The highest BCUT2D eigenvalue weighted by molar-refractivity contribution is 14.0. The number of hydrogen-bond donors (Lipinski definition) is 1. The maximum Gasteiger partial charge on any atom is 0.191 e. The highest BCUT2D eigenvalue weighted by Crippen LogP contribution is 2.09. The van der Waals surface area contributed by atoms with Gasteiger partial charge < -0.3 is 15.4 Å². The summed E-state index contributed by atoms with van der Waals surface area (Å²) in [7, 11) is 0. The molecule has 5 nitrogen and oxygen atoms in total. The average molecular weight is 400 g/mol. The number of nitrogens with two attached hydrogens (primary N) is 1. The molecule has 1 unspecified atom stereocenters. The van der Waals surface area contributed by atoms with E-state index < -0.39 is 0 Å². The second-order valence-electron chi connectivity index (χ2n) is 4.80. The van der Waals surface area contributed by atoms with Crippen LogP contribution in [-0.2, 0) is 4.74 Å². The van der Waals surface area contributed by atoms with E-state index in [-0.39, 0.29) is 24.0 Å². The van der Waals surface area contributed by atoms with Crippen LogP contribution in [0.4, 0.5) is 0 Å². The molecule has 2 N–H and O–H groups in total. The quantitative estimate of drug-likeness (QED) is 0.429. The van der Waals surface area contributed by atoms with Gasteiger partial charge in [-0.2, -0.15) is 11.8 Å². The van der Waals surface area contributed by atoms with Crippen LogP contribution in [0.1, 0.15) is 6.92 Å². The van der Waals surface area contributed by atoms with Crippen molar-refractivity contribution in [2.45, 2.75) is 13.0 Å². The minimum Gasteiger partial charge on any atom is -0.379 e. The molecule has 0 radical (unpaired) electrons. The van der Waals surface area contributed by atoms with Gasteiger partial charge in [0.1, 0.15) is 0 Å². The Morgan fingerprint density at radius 2 is 1.89 bits per heavy atom. The lowest BCUT2D eigenvalue weighted by molar-refractivity contribution is 0.0220. The summed E-state index contributed by atoms with van der Waals surface area (Å²) in [5.74, 6) is 3.04. The Hall–Kier alpha value is 0.270. The number of halogens is 1.